The third kappa shape index (κ3) is 4.63. The van der Waals surface area contributed by atoms with E-state index in [2.05, 4.69) is 22.2 Å². The van der Waals surface area contributed by atoms with Crippen molar-refractivity contribution in [2.45, 2.75) is 26.2 Å². The molecule has 2 aromatic rings. The summed E-state index contributed by atoms with van der Waals surface area (Å²) in [6, 6.07) is 9.82. The molecule has 5 nitrogen and oxygen atoms in total. The molecule has 0 unspecified atom stereocenters. The first-order valence-electron chi connectivity index (χ1n) is 7.32. The predicted octanol–water partition coefficient (Wildman–Crippen LogP) is 2.89. The van der Waals surface area contributed by atoms with Crippen LogP contribution in [0.25, 0.3) is 0 Å². The van der Waals surface area contributed by atoms with Crippen LogP contribution in [0.3, 0.4) is 0 Å². The van der Waals surface area contributed by atoms with Gasteiger partial charge < -0.3 is 15.8 Å². The summed E-state index contributed by atoms with van der Waals surface area (Å²) in [6.45, 7) is 3.57. The molecule has 112 valence electrons. The highest BCUT2D eigenvalue weighted by atomic mass is 16.5. The Bertz CT molecular complexity index is 545. The number of para-hydroxylation sites is 1. The highest BCUT2D eigenvalue weighted by Gasteiger charge is 2.07. The Kier molecular flexibility index (Phi) is 5.82. The number of nitrogens with two attached hydrogens (primary N) is 1. The van der Waals surface area contributed by atoms with Crippen LogP contribution in [0.1, 0.15) is 25.3 Å². The van der Waals surface area contributed by atoms with Crippen LogP contribution < -0.4 is 15.8 Å². The van der Waals surface area contributed by atoms with E-state index < -0.39 is 0 Å². The zero-order chi connectivity index (χ0) is 14.9. The summed E-state index contributed by atoms with van der Waals surface area (Å²) in [7, 11) is 0. The number of rotatable bonds is 8. The summed E-state index contributed by atoms with van der Waals surface area (Å²) in [4.78, 5) is 8.32. The highest BCUT2D eigenvalue weighted by molar-refractivity contribution is 5.54. The molecular weight excluding hydrogens is 264 g/mol. The van der Waals surface area contributed by atoms with E-state index in [-0.39, 0.29) is 0 Å². The Morgan fingerprint density at radius 1 is 1.19 bits per heavy atom. The molecule has 1 heterocycles. The van der Waals surface area contributed by atoms with Crippen LogP contribution in [-0.4, -0.2) is 23.1 Å². The van der Waals surface area contributed by atoms with Gasteiger partial charge in [0.2, 0.25) is 0 Å². The quantitative estimate of drug-likeness (QED) is 0.730. The molecule has 21 heavy (non-hydrogen) atoms. The van der Waals surface area contributed by atoms with Crippen molar-refractivity contribution in [2.24, 2.45) is 0 Å². The number of ether oxygens (including phenoxy) is 1. The molecule has 3 N–H and O–H groups in total. The molecule has 5 heteroatoms. The van der Waals surface area contributed by atoms with Gasteiger partial charge in [0.25, 0.3) is 0 Å². The molecule has 0 amide bonds. The Morgan fingerprint density at radius 3 is 2.76 bits per heavy atom. The minimum Gasteiger partial charge on any atom is -0.494 e. The fourth-order valence-electron chi connectivity index (χ4n) is 2.06. The van der Waals surface area contributed by atoms with Crippen LogP contribution in [0.5, 0.6) is 5.75 Å². The van der Waals surface area contributed by atoms with Crippen LogP contribution in [-0.2, 0) is 6.42 Å². The number of nitrogens with one attached hydrogen (secondary N) is 1. The van der Waals surface area contributed by atoms with Crippen molar-refractivity contribution in [2.75, 3.05) is 24.2 Å². The van der Waals surface area contributed by atoms with E-state index in [9.17, 15) is 0 Å². The molecule has 0 bridgehead atoms. The SMILES string of the molecule is CCCc1c(N)ncnc1NCCCOc1ccccc1. The van der Waals surface area contributed by atoms with Gasteiger partial charge in [-0.05, 0) is 25.0 Å². The molecule has 0 spiro atoms. The summed E-state index contributed by atoms with van der Waals surface area (Å²) in [6.07, 6.45) is 4.29. The molecular formula is C16H22N4O. The second-order valence-corrected chi connectivity index (χ2v) is 4.78. The van der Waals surface area contributed by atoms with Crippen molar-refractivity contribution in [3.8, 4) is 5.75 Å². The van der Waals surface area contributed by atoms with Crippen LogP contribution in [0, 0.1) is 0 Å². The van der Waals surface area contributed by atoms with E-state index in [0.29, 0.717) is 12.4 Å². The second kappa shape index (κ2) is 8.09. The zero-order valence-electron chi connectivity index (χ0n) is 12.4. The number of aromatic nitrogens is 2. The van der Waals surface area contributed by atoms with Crippen molar-refractivity contribution in [3.05, 3.63) is 42.2 Å². The van der Waals surface area contributed by atoms with Gasteiger partial charge in [-0.1, -0.05) is 31.5 Å². The maximum Gasteiger partial charge on any atom is 0.134 e. The van der Waals surface area contributed by atoms with Crippen LogP contribution >= 0.6 is 0 Å². The van der Waals surface area contributed by atoms with Crippen molar-refractivity contribution in [1.82, 2.24) is 9.97 Å². The van der Waals surface area contributed by atoms with Crippen molar-refractivity contribution in [3.63, 3.8) is 0 Å². The molecule has 1 aromatic carbocycles. The average Bonchev–Trinajstić information content (AvgIpc) is 2.51. The summed E-state index contributed by atoms with van der Waals surface area (Å²) in [5.41, 5.74) is 6.90. The molecule has 0 saturated carbocycles. The van der Waals surface area contributed by atoms with E-state index >= 15 is 0 Å². The number of hydrogen-bond acceptors (Lipinski definition) is 5. The molecule has 0 radical (unpaired) electrons. The van der Waals surface area contributed by atoms with Gasteiger partial charge in [-0.3, -0.25) is 0 Å². The van der Waals surface area contributed by atoms with Crippen LogP contribution in [0.15, 0.2) is 36.7 Å². The molecule has 2 rings (SSSR count). The van der Waals surface area contributed by atoms with Crippen molar-refractivity contribution < 1.29 is 4.74 Å². The summed E-state index contributed by atoms with van der Waals surface area (Å²) < 4.78 is 5.65. The molecule has 0 aliphatic carbocycles. The molecule has 0 aliphatic rings. The van der Waals surface area contributed by atoms with Gasteiger partial charge in [0, 0.05) is 12.1 Å². The zero-order valence-corrected chi connectivity index (χ0v) is 12.4. The van der Waals surface area contributed by atoms with E-state index in [1.165, 1.54) is 6.33 Å². The molecule has 0 saturated heterocycles. The third-order valence-electron chi connectivity index (χ3n) is 3.10. The normalized spacial score (nSPS) is 10.3. The summed E-state index contributed by atoms with van der Waals surface area (Å²) >= 11 is 0. The van der Waals surface area contributed by atoms with Gasteiger partial charge in [0.1, 0.15) is 23.7 Å². The number of hydrogen-bond donors (Lipinski definition) is 2. The Hall–Kier alpha value is -2.30. The molecule has 0 aliphatic heterocycles. The lowest BCUT2D eigenvalue weighted by atomic mass is 10.1. The van der Waals surface area contributed by atoms with Gasteiger partial charge in [0.05, 0.1) is 6.61 Å². The highest BCUT2D eigenvalue weighted by Crippen LogP contribution is 2.18. The van der Waals surface area contributed by atoms with E-state index in [1.807, 2.05) is 30.3 Å². The van der Waals surface area contributed by atoms with E-state index in [1.54, 1.807) is 0 Å². The van der Waals surface area contributed by atoms with Gasteiger partial charge >= 0.3 is 0 Å². The number of nitrogen functional groups attached to an aromatic ring is 1. The monoisotopic (exact) mass is 286 g/mol. The second-order valence-electron chi connectivity index (χ2n) is 4.78. The lowest BCUT2D eigenvalue weighted by molar-refractivity contribution is 0.315. The number of benzene rings is 1. The van der Waals surface area contributed by atoms with E-state index in [4.69, 9.17) is 10.5 Å². The van der Waals surface area contributed by atoms with Crippen LogP contribution in [0.2, 0.25) is 0 Å². The fourth-order valence-corrected chi connectivity index (χ4v) is 2.06. The fraction of sp³-hybridized carbons (Fsp3) is 0.375. The first-order valence-corrected chi connectivity index (χ1v) is 7.32. The van der Waals surface area contributed by atoms with Gasteiger partial charge in [-0.25, -0.2) is 9.97 Å². The maximum atomic E-state index is 5.90. The van der Waals surface area contributed by atoms with Crippen molar-refractivity contribution >= 4 is 11.6 Å². The lowest BCUT2D eigenvalue weighted by Gasteiger charge is -2.12. The van der Waals surface area contributed by atoms with Crippen molar-refractivity contribution in [1.29, 1.82) is 0 Å². The minimum absolute atomic E-state index is 0.565. The predicted molar refractivity (Wildman–Crippen MR) is 85.5 cm³/mol. The Balaban J connectivity index is 1.77. The van der Waals surface area contributed by atoms with Crippen LogP contribution in [0.4, 0.5) is 11.6 Å². The van der Waals surface area contributed by atoms with Gasteiger partial charge in [-0.15, -0.1) is 0 Å². The largest absolute Gasteiger partial charge is 0.494 e. The number of nitrogens with zero attached hydrogens (tertiary/aromatic N) is 2. The Morgan fingerprint density at radius 2 is 2.00 bits per heavy atom. The average molecular weight is 286 g/mol. The maximum absolute atomic E-state index is 5.90. The van der Waals surface area contributed by atoms with Gasteiger partial charge in [0.15, 0.2) is 0 Å². The number of anilines is 2. The first-order chi connectivity index (χ1) is 10.3. The minimum atomic E-state index is 0.565. The van der Waals surface area contributed by atoms with Gasteiger partial charge in [-0.2, -0.15) is 0 Å². The first kappa shape index (κ1) is 15.1. The molecule has 0 atom stereocenters. The molecule has 1 aromatic heterocycles. The standard InChI is InChI=1S/C16H22N4O/c1-2-7-14-15(17)19-12-20-16(14)18-10-6-11-21-13-8-4-3-5-9-13/h3-5,8-9,12H,2,6-7,10-11H2,1H3,(H3,17,18,19,20). The molecule has 0 fully saturated rings. The van der Waals surface area contributed by atoms with E-state index in [0.717, 1.165) is 42.9 Å². The topological polar surface area (TPSA) is 73.1 Å². The third-order valence-corrected chi connectivity index (χ3v) is 3.10. The Labute approximate surface area is 125 Å². The summed E-state index contributed by atoms with van der Waals surface area (Å²) in [5.74, 6) is 2.30. The smallest absolute Gasteiger partial charge is 0.134 e. The summed E-state index contributed by atoms with van der Waals surface area (Å²) in [5, 5.41) is 3.31. The lowest BCUT2D eigenvalue weighted by Crippen LogP contribution is -2.11.